The van der Waals surface area contributed by atoms with Gasteiger partial charge < -0.3 is 38.6 Å². The van der Waals surface area contributed by atoms with E-state index in [2.05, 4.69) is 228 Å². The summed E-state index contributed by atoms with van der Waals surface area (Å²) in [5.41, 5.74) is 21.7. The summed E-state index contributed by atoms with van der Waals surface area (Å²) in [7, 11) is 2.69. The number of benzene rings is 9. The van der Waals surface area contributed by atoms with Crippen molar-refractivity contribution >= 4 is 99.4 Å². The Labute approximate surface area is 463 Å². The number of hydrogen-bond donors (Lipinski definition) is 3. The molecular formula is C60H53N9O9S2. The predicted molar refractivity (Wildman–Crippen MR) is 316 cm³/mol. The molecule has 8 aromatic carbocycles. The number of aromatic nitrogens is 4. The van der Waals surface area contributed by atoms with Gasteiger partial charge in [0.15, 0.2) is 5.43 Å². The molecule has 0 spiro atoms. The molecule has 80 heavy (non-hydrogen) atoms. The lowest BCUT2D eigenvalue weighted by atomic mass is 9.96. The molecule has 1 aromatic heterocycles. The fourth-order valence-electron chi connectivity index (χ4n) is 10.1. The van der Waals surface area contributed by atoms with Crippen molar-refractivity contribution in [3.8, 4) is 45.0 Å². The minimum Gasteiger partial charge on any atom is -0.759 e. The molecule has 3 heterocycles. The summed E-state index contributed by atoms with van der Waals surface area (Å²) >= 11 is 0. The maximum Gasteiger partial charge on any atom is 1.00 e. The summed E-state index contributed by atoms with van der Waals surface area (Å²) in [6.45, 7) is 0. The van der Waals surface area contributed by atoms with Crippen LogP contribution in [0.15, 0.2) is 193 Å². The van der Waals surface area contributed by atoms with Crippen molar-refractivity contribution in [1.82, 2.24) is 14.5 Å². The summed E-state index contributed by atoms with van der Waals surface area (Å²) in [6.07, 6.45) is 0. The Bertz CT molecular complexity index is 4400. The van der Waals surface area contributed by atoms with E-state index >= 15 is 0 Å². The van der Waals surface area contributed by atoms with Gasteiger partial charge in [-0.05, 0) is 102 Å². The van der Waals surface area contributed by atoms with Crippen LogP contribution in [0.5, 0.6) is 0 Å². The molecule has 0 bridgehead atoms. The van der Waals surface area contributed by atoms with Gasteiger partial charge in [0, 0.05) is 123 Å². The van der Waals surface area contributed by atoms with E-state index in [0.717, 1.165) is 124 Å². The molecule has 0 saturated heterocycles. The molecule has 2 aliphatic heterocycles. The average Bonchev–Trinajstić information content (AvgIpc) is 3.48. The van der Waals surface area contributed by atoms with Gasteiger partial charge in [0.05, 0.1) is 45.2 Å². The van der Waals surface area contributed by atoms with Gasteiger partial charge in [-0.15, -0.1) is 4.57 Å². The van der Waals surface area contributed by atoms with Gasteiger partial charge >= 0.3 is 11.8 Å². The van der Waals surface area contributed by atoms with Crippen LogP contribution < -0.4 is 34.9 Å². The first kappa shape index (κ1) is 54.1. The highest BCUT2D eigenvalue weighted by Crippen LogP contribution is 2.53. The van der Waals surface area contributed by atoms with Crippen LogP contribution in [-0.2, 0) is 20.8 Å². The molecule has 3 N–H and O–H groups in total. The Morgan fingerprint density at radius 3 is 1.70 bits per heavy atom. The van der Waals surface area contributed by atoms with E-state index in [0.29, 0.717) is 0 Å². The first-order chi connectivity index (χ1) is 38.1. The maximum atomic E-state index is 12.8. The van der Waals surface area contributed by atoms with Gasteiger partial charge in [0.1, 0.15) is 11.0 Å². The molecule has 12 rings (SSSR count). The lowest BCUT2D eigenvalue weighted by Crippen LogP contribution is -2.33. The first-order valence-corrected chi connectivity index (χ1v) is 27.6. The number of rotatable bonds is 8. The van der Waals surface area contributed by atoms with E-state index in [4.69, 9.17) is 45.0 Å². The van der Waals surface area contributed by atoms with E-state index in [-0.39, 0.29) is 6.86 Å². The van der Waals surface area contributed by atoms with Crippen LogP contribution in [-0.4, -0.2) is 91.9 Å². The van der Waals surface area contributed by atoms with E-state index in [9.17, 15) is 4.79 Å². The van der Waals surface area contributed by atoms with Gasteiger partial charge in [-0.3, -0.25) is 22.3 Å². The lowest BCUT2D eigenvalue weighted by Gasteiger charge is -2.36. The summed E-state index contributed by atoms with van der Waals surface area (Å²) in [5, 5.41) is 3.89. The Kier molecular flexibility index (Phi) is 14.5. The average molecular weight is 1110 g/mol. The zero-order valence-electron chi connectivity index (χ0n) is 45.0. The van der Waals surface area contributed by atoms with Gasteiger partial charge in [0.25, 0.3) is 0 Å². The second-order valence-corrected chi connectivity index (χ2v) is 21.1. The second-order valence-electron chi connectivity index (χ2n) is 19.4. The number of hydrogen-bond acceptors (Lipinski definition) is 14. The van der Waals surface area contributed by atoms with Gasteiger partial charge in [-0.1, -0.05) is 66.7 Å². The normalized spacial score (nSPS) is 11.9. The van der Waals surface area contributed by atoms with Crippen LogP contribution >= 0.6 is 0 Å². The summed E-state index contributed by atoms with van der Waals surface area (Å²) < 4.78 is 70.2. The third kappa shape index (κ3) is 11.3. The molecule has 0 atom stereocenters. The topological polar surface area (TPSA) is 232 Å². The van der Waals surface area contributed by atoms with E-state index in [1.807, 2.05) is 24.3 Å². The van der Waals surface area contributed by atoms with Crippen LogP contribution in [0.25, 0.3) is 78.1 Å². The maximum absolute atomic E-state index is 12.8. The SMILES string of the molecule is CN(C)c1ccc2nc3ccc(-c4cc5c(cc4N(C)C)N(c4ccccc4)c4cc(-c6cc7nc8ccc(=O)cc-8n(-c8ccccc8)c7cc6N(C)C)ccc4N5)cc3[n+](-c3ccccc3)c2c1.O=S(=O)(O)O.O=S(=O)([O-])[O-].[H+]. The van der Waals surface area contributed by atoms with Crippen molar-refractivity contribution in [3.63, 3.8) is 0 Å². The lowest BCUT2D eigenvalue weighted by molar-refractivity contribution is -0.538. The Morgan fingerprint density at radius 1 is 0.537 bits per heavy atom. The van der Waals surface area contributed by atoms with Crippen LogP contribution in [0.1, 0.15) is 1.43 Å². The number of anilines is 8. The smallest absolute Gasteiger partial charge is 0.759 e. The van der Waals surface area contributed by atoms with Crippen molar-refractivity contribution in [2.75, 3.05) is 67.2 Å². The van der Waals surface area contributed by atoms with Crippen molar-refractivity contribution in [2.24, 2.45) is 0 Å². The highest BCUT2D eigenvalue weighted by atomic mass is 32.3. The predicted octanol–water partition coefficient (Wildman–Crippen LogP) is 10.6. The Balaban J connectivity index is 0.000000665. The molecule has 0 saturated carbocycles. The number of fused-ring (bicyclic) bond motifs is 6. The minimum absolute atomic E-state index is 0. The number of nitrogens with zero attached hydrogens (tertiary/aromatic N) is 8. The van der Waals surface area contributed by atoms with E-state index < -0.39 is 20.8 Å². The first-order valence-electron chi connectivity index (χ1n) is 24.8. The summed E-state index contributed by atoms with van der Waals surface area (Å²) in [5.74, 6) is 0. The number of para-hydroxylation sites is 3. The van der Waals surface area contributed by atoms with Crippen LogP contribution in [0.2, 0.25) is 0 Å². The third-order valence-corrected chi connectivity index (χ3v) is 13.4. The van der Waals surface area contributed by atoms with Crippen molar-refractivity contribution in [1.29, 1.82) is 0 Å². The van der Waals surface area contributed by atoms with Crippen LogP contribution in [0.4, 0.5) is 45.5 Å². The molecule has 0 fully saturated rings. The fraction of sp³-hybridized carbons (Fsp3) is 0.100. The zero-order chi connectivity index (χ0) is 56.8. The second kappa shape index (κ2) is 21.5. The van der Waals surface area contributed by atoms with Gasteiger partial charge in [-0.25, -0.2) is 9.97 Å². The Morgan fingerprint density at radius 2 is 1.07 bits per heavy atom. The largest absolute Gasteiger partial charge is 1.00 e. The van der Waals surface area contributed by atoms with E-state index in [1.165, 1.54) is 0 Å². The van der Waals surface area contributed by atoms with Gasteiger partial charge in [0.2, 0.25) is 16.7 Å². The van der Waals surface area contributed by atoms with Crippen LogP contribution in [0.3, 0.4) is 0 Å². The van der Waals surface area contributed by atoms with Crippen LogP contribution in [0, 0.1) is 0 Å². The summed E-state index contributed by atoms with van der Waals surface area (Å²) in [4.78, 5) is 32.0. The minimum atomic E-state index is -5.17. The molecule has 0 unspecified atom stereocenters. The molecule has 0 amide bonds. The highest BCUT2D eigenvalue weighted by Gasteiger charge is 2.29. The molecule has 0 radical (unpaired) electrons. The van der Waals surface area contributed by atoms with Crippen molar-refractivity contribution in [3.05, 3.63) is 198 Å². The Hall–Kier alpha value is -9.28. The van der Waals surface area contributed by atoms with Crippen molar-refractivity contribution < 1.29 is 41.0 Å². The fourth-order valence-corrected chi connectivity index (χ4v) is 10.1. The molecule has 20 heteroatoms. The molecular weight excluding hydrogens is 1050 g/mol. The third-order valence-electron chi connectivity index (χ3n) is 13.4. The molecule has 404 valence electrons. The molecule has 1 aliphatic carbocycles. The van der Waals surface area contributed by atoms with Crippen molar-refractivity contribution in [2.45, 2.75) is 0 Å². The standard InChI is InChI=1S/C60H50N9O.2H2O4S/c1-64(2)43-24-28-49-57(32-43)67(40-16-10-7-11-17-40)55-30-38(22-26-47(55)61-49)45-34-51-59(36-53(45)65(3)4)68(41-18-12-8-13-19-41)56-31-39(23-27-48(56)62-51)46-35-52-60(37-54(46)66(5)6)69(42-20-14-9-15-21-42)58-33-44(70)25-29-50(58)63-52;2*1-5(2,3)4/h7-37,62H,1-6H3;2*(H2,1,2,3,4)/q+1;;/p-1. The highest BCUT2D eigenvalue weighted by molar-refractivity contribution is 7.80. The molecule has 3 aliphatic rings. The summed E-state index contributed by atoms with van der Waals surface area (Å²) in [6, 6.07) is 65.2. The monoisotopic (exact) mass is 1110 g/mol. The van der Waals surface area contributed by atoms with Gasteiger partial charge in [-0.2, -0.15) is 8.42 Å². The zero-order valence-corrected chi connectivity index (χ0v) is 45.7. The quantitative estimate of drug-likeness (QED) is 0.0556. The van der Waals surface area contributed by atoms with E-state index in [1.54, 1.807) is 12.1 Å². The molecule has 9 aromatic rings. The molecule has 18 nitrogen and oxygen atoms in total. The number of nitrogens with one attached hydrogen (secondary N) is 1.